The predicted molar refractivity (Wildman–Crippen MR) is 102 cm³/mol. The highest BCUT2D eigenvalue weighted by atomic mass is 16.3. The molecule has 1 N–H and O–H groups in total. The number of hydrogen-bond donors (Lipinski definition) is 1. The van der Waals surface area contributed by atoms with E-state index in [9.17, 15) is 4.79 Å². The first-order valence-corrected chi connectivity index (χ1v) is 9.08. The molecule has 5 nitrogen and oxygen atoms in total. The summed E-state index contributed by atoms with van der Waals surface area (Å²) in [5.41, 5.74) is 2.85. The fourth-order valence-corrected chi connectivity index (χ4v) is 3.56. The molecule has 1 aliphatic heterocycles. The quantitative estimate of drug-likeness (QED) is 0.771. The second-order valence-electron chi connectivity index (χ2n) is 6.98. The molecular formula is C21H23N3O2. The van der Waals surface area contributed by atoms with Crippen LogP contribution in [0, 0.1) is 13.8 Å². The number of rotatable bonds is 3. The molecule has 0 saturated carbocycles. The molecule has 1 fully saturated rings. The summed E-state index contributed by atoms with van der Waals surface area (Å²) in [6, 6.07) is 12.3. The van der Waals surface area contributed by atoms with Crippen molar-refractivity contribution in [3.05, 3.63) is 59.5 Å². The van der Waals surface area contributed by atoms with Gasteiger partial charge in [0, 0.05) is 36.3 Å². The highest BCUT2D eigenvalue weighted by molar-refractivity contribution is 5.99. The predicted octanol–water partition coefficient (Wildman–Crippen LogP) is 4.16. The molecule has 1 saturated heterocycles. The van der Waals surface area contributed by atoms with E-state index in [0.717, 1.165) is 53.8 Å². The fraction of sp³-hybridized carbons (Fsp3) is 0.333. The molecule has 0 unspecified atom stereocenters. The summed E-state index contributed by atoms with van der Waals surface area (Å²) in [4.78, 5) is 19.1. The molecule has 4 rings (SSSR count). The number of nitrogens with zero attached hydrogens (tertiary/aromatic N) is 2. The summed E-state index contributed by atoms with van der Waals surface area (Å²) in [5.74, 6) is 1.36. The van der Waals surface area contributed by atoms with Crippen LogP contribution in [0.3, 0.4) is 0 Å². The molecular weight excluding hydrogens is 326 g/mol. The van der Waals surface area contributed by atoms with E-state index >= 15 is 0 Å². The second-order valence-corrected chi connectivity index (χ2v) is 6.98. The van der Waals surface area contributed by atoms with Gasteiger partial charge in [0.25, 0.3) is 5.91 Å². The van der Waals surface area contributed by atoms with Crippen LogP contribution in [0.4, 0.5) is 5.82 Å². The zero-order valence-corrected chi connectivity index (χ0v) is 15.2. The summed E-state index contributed by atoms with van der Waals surface area (Å²) in [6.07, 6.45) is 3.59. The van der Waals surface area contributed by atoms with Crippen LogP contribution >= 0.6 is 0 Å². The number of fused-ring (bicyclic) bond motifs is 1. The third kappa shape index (κ3) is 3.17. The molecule has 0 atom stereocenters. The molecule has 1 aromatic carbocycles. The van der Waals surface area contributed by atoms with Crippen molar-refractivity contribution >= 4 is 22.7 Å². The lowest BCUT2D eigenvalue weighted by Gasteiger charge is -2.32. The molecule has 2 aromatic heterocycles. The molecule has 0 aliphatic carbocycles. The number of furan rings is 1. The number of hydrogen-bond acceptors (Lipinski definition) is 4. The largest absolute Gasteiger partial charge is 0.451 e. The van der Waals surface area contributed by atoms with Crippen molar-refractivity contribution < 1.29 is 9.21 Å². The molecule has 3 aromatic rings. The van der Waals surface area contributed by atoms with Gasteiger partial charge >= 0.3 is 0 Å². The fourth-order valence-electron chi connectivity index (χ4n) is 3.56. The van der Waals surface area contributed by atoms with Gasteiger partial charge in [-0.1, -0.05) is 18.2 Å². The minimum atomic E-state index is -0.00682. The Labute approximate surface area is 153 Å². The van der Waals surface area contributed by atoms with Crippen molar-refractivity contribution in [3.8, 4) is 0 Å². The van der Waals surface area contributed by atoms with Crippen molar-refractivity contribution in [3.63, 3.8) is 0 Å². The summed E-state index contributed by atoms with van der Waals surface area (Å²) in [6.45, 7) is 5.43. The van der Waals surface area contributed by atoms with Gasteiger partial charge in [0.15, 0.2) is 5.76 Å². The van der Waals surface area contributed by atoms with Gasteiger partial charge in [-0.15, -0.1) is 0 Å². The number of aromatic nitrogens is 1. The van der Waals surface area contributed by atoms with Crippen molar-refractivity contribution in [2.45, 2.75) is 32.7 Å². The van der Waals surface area contributed by atoms with Gasteiger partial charge in [-0.3, -0.25) is 4.79 Å². The molecule has 134 valence electrons. The van der Waals surface area contributed by atoms with Gasteiger partial charge in [0.05, 0.1) is 0 Å². The summed E-state index contributed by atoms with van der Waals surface area (Å²) >= 11 is 0. The van der Waals surface area contributed by atoms with Gasteiger partial charge in [0.1, 0.15) is 11.4 Å². The van der Waals surface area contributed by atoms with E-state index in [0.29, 0.717) is 11.8 Å². The maximum Gasteiger partial charge on any atom is 0.289 e. The van der Waals surface area contributed by atoms with Gasteiger partial charge in [-0.05, 0) is 50.5 Å². The highest BCUT2D eigenvalue weighted by Gasteiger charge is 2.27. The van der Waals surface area contributed by atoms with E-state index in [1.807, 2.05) is 55.1 Å². The smallest absolute Gasteiger partial charge is 0.289 e. The van der Waals surface area contributed by atoms with Crippen molar-refractivity contribution in [1.29, 1.82) is 0 Å². The van der Waals surface area contributed by atoms with Crippen molar-refractivity contribution in [2.24, 2.45) is 0 Å². The lowest BCUT2D eigenvalue weighted by Crippen LogP contribution is -2.42. The monoisotopic (exact) mass is 349 g/mol. The van der Waals surface area contributed by atoms with Crippen molar-refractivity contribution in [2.75, 3.05) is 18.4 Å². The molecule has 0 spiro atoms. The van der Waals surface area contributed by atoms with Crippen LogP contribution in [0.2, 0.25) is 0 Å². The summed E-state index contributed by atoms with van der Waals surface area (Å²) < 4.78 is 5.90. The maximum atomic E-state index is 12.9. The Kier molecular flexibility index (Phi) is 4.37. The van der Waals surface area contributed by atoms with Crippen LogP contribution in [0.15, 0.2) is 47.0 Å². The number of carbonyl (C=O) groups excluding carboxylic acids is 1. The summed E-state index contributed by atoms with van der Waals surface area (Å²) in [7, 11) is 0. The SMILES string of the molecule is Cc1ccc2c(C)c(C(=O)N3CCC(Nc4ccccn4)CC3)oc2c1. The van der Waals surface area contributed by atoms with Gasteiger partial charge in [-0.25, -0.2) is 4.98 Å². The minimum absolute atomic E-state index is 0.00682. The highest BCUT2D eigenvalue weighted by Crippen LogP contribution is 2.28. The molecule has 5 heteroatoms. The second kappa shape index (κ2) is 6.83. The first-order valence-electron chi connectivity index (χ1n) is 9.08. The zero-order chi connectivity index (χ0) is 18.1. The molecule has 0 radical (unpaired) electrons. The first-order chi connectivity index (χ1) is 12.6. The average Bonchev–Trinajstić information content (AvgIpc) is 2.98. The zero-order valence-electron chi connectivity index (χ0n) is 15.2. The Morgan fingerprint density at radius 2 is 2.00 bits per heavy atom. The number of benzene rings is 1. The van der Waals surface area contributed by atoms with E-state index in [1.54, 1.807) is 6.20 Å². The lowest BCUT2D eigenvalue weighted by atomic mass is 10.0. The maximum absolute atomic E-state index is 12.9. The first kappa shape index (κ1) is 16.6. The van der Waals surface area contributed by atoms with E-state index in [1.165, 1.54) is 0 Å². The molecule has 3 heterocycles. The molecule has 26 heavy (non-hydrogen) atoms. The lowest BCUT2D eigenvalue weighted by molar-refractivity contribution is 0.0687. The Morgan fingerprint density at radius 3 is 2.73 bits per heavy atom. The number of nitrogens with one attached hydrogen (secondary N) is 1. The number of carbonyl (C=O) groups is 1. The van der Waals surface area contributed by atoms with E-state index in [-0.39, 0.29) is 5.91 Å². The van der Waals surface area contributed by atoms with Gasteiger partial charge in [-0.2, -0.15) is 0 Å². The molecule has 1 amide bonds. The minimum Gasteiger partial charge on any atom is -0.451 e. The van der Waals surface area contributed by atoms with Crippen LogP contribution in [0.5, 0.6) is 0 Å². The average molecular weight is 349 g/mol. The van der Waals surface area contributed by atoms with Gasteiger partial charge < -0.3 is 14.6 Å². The number of amides is 1. The topological polar surface area (TPSA) is 58.4 Å². The van der Waals surface area contributed by atoms with E-state index in [4.69, 9.17) is 4.42 Å². The van der Waals surface area contributed by atoms with Crippen LogP contribution in [0.25, 0.3) is 11.0 Å². The Balaban J connectivity index is 1.44. The number of pyridine rings is 1. The Hall–Kier alpha value is -2.82. The van der Waals surface area contributed by atoms with Crippen molar-refractivity contribution in [1.82, 2.24) is 9.88 Å². The Morgan fingerprint density at radius 1 is 1.19 bits per heavy atom. The molecule has 0 bridgehead atoms. The van der Waals surface area contributed by atoms with E-state index in [2.05, 4.69) is 10.3 Å². The molecule has 1 aliphatic rings. The van der Waals surface area contributed by atoms with Crippen LogP contribution in [-0.4, -0.2) is 34.9 Å². The van der Waals surface area contributed by atoms with E-state index < -0.39 is 0 Å². The number of piperidine rings is 1. The van der Waals surface area contributed by atoms with Gasteiger partial charge in [0.2, 0.25) is 0 Å². The summed E-state index contributed by atoms with van der Waals surface area (Å²) in [5, 5.41) is 4.47. The number of aryl methyl sites for hydroxylation is 2. The normalized spacial score (nSPS) is 15.4. The van der Waals surface area contributed by atoms with Crippen LogP contribution in [-0.2, 0) is 0 Å². The van der Waals surface area contributed by atoms with Crippen LogP contribution < -0.4 is 5.32 Å². The van der Waals surface area contributed by atoms with Crippen LogP contribution in [0.1, 0.15) is 34.5 Å². The Bertz CT molecular complexity index is 925. The number of anilines is 1. The third-order valence-corrected chi connectivity index (χ3v) is 5.09. The third-order valence-electron chi connectivity index (χ3n) is 5.09. The number of likely N-dealkylation sites (tertiary alicyclic amines) is 1. The standard InChI is InChI=1S/C21H23N3O2/c1-14-6-7-17-15(2)20(26-18(17)13-14)21(25)24-11-8-16(9-12-24)23-19-5-3-4-10-22-19/h3-7,10,13,16H,8-9,11-12H2,1-2H3,(H,22,23).